The average Bonchev–Trinajstić information content (AvgIpc) is 2.92. The van der Waals surface area contributed by atoms with E-state index in [1.807, 2.05) is 23.0 Å². The summed E-state index contributed by atoms with van der Waals surface area (Å²) >= 11 is 0. The maximum Gasteiger partial charge on any atom is 0.335 e. The molecule has 1 unspecified atom stereocenters. The van der Waals surface area contributed by atoms with Gasteiger partial charge in [-0.3, -0.25) is 4.68 Å². The molecule has 5 heteroatoms. The molecule has 0 bridgehead atoms. The van der Waals surface area contributed by atoms with E-state index in [0.29, 0.717) is 24.6 Å². The van der Waals surface area contributed by atoms with Crippen LogP contribution in [0.3, 0.4) is 0 Å². The third kappa shape index (κ3) is 2.90. The van der Waals surface area contributed by atoms with Gasteiger partial charge >= 0.3 is 5.97 Å². The minimum atomic E-state index is -0.896. The fourth-order valence-electron chi connectivity index (χ4n) is 3.27. The van der Waals surface area contributed by atoms with Crippen molar-refractivity contribution in [2.75, 3.05) is 6.54 Å². The maximum atomic E-state index is 10.9. The van der Waals surface area contributed by atoms with Gasteiger partial charge in [-0.25, -0.2) is 4.79 Å². The van der Waals surface area contributed by atoms with E-state index in [2.05, 4.69) is 5.10 Å². The van der Waals surface area contributed by atoms with E-state index in [-0.39, 0.29) is 0 Å². The van der Waals surface area contributed by atoms with Crippen LogP contribution in [0.15, 0.2) is 30.5 Å². The average molecular weight is 299 g/mol. The first-order valence-electron chi connectivity index (χ1n) is 7.76. The summed E-state index contributed by atoms with van der Waals surface area (Å²) < 4.78 is 2.05. The zero-order valence-corrected chi connectivity index (χ0v) is 12.5. The lowest BCUT2D eigenvalue weighted by molar-refractivity contribution is 0.0697. The summed E-state index contributed by atoms with van der Waals surface area (Å²) in [7, 11) is 0. The van der Waals surface area contributed by atoms with Crippen LogP contribution in [0.1, 0.15) is 52.4 Å². The largest absolute Gasteiger partial charge is 0.478 e. The number of carboxylic acid groups (broad SMARTS) is 1. The fourth-order valence-corrected chi connectivity index (χ4v) is 3.27. The van der Waals surface area contributed by atoms with Gasteiger partial charge in [0.05, 0.1) is 18.3 Å². The topological polar surface area (TPSA) is 81.1 Å². The Morgan fingerprint density at radius 3 is 2.82 bits per heavy atom. The van der Waals surface area contributed by atoms with Crippen LogP contribution in [0.5, 0.6) is 0 Å². The summed E-state index contributed by atoms with van der Waals surface area (Å²) in [6.45, 7) is 1.40. The molecule has 116 valence electrons. The molecule has 0 saturated heterocycles. The molecule has 1 aromatic carbocycles. The maximum absolute atomic E-state index is 10.9. The smallest absolute Gasteiger partial charge is 0.335 e. The predicted octanol–water partition coefficient (Wildman–Crippen LogP) is 2.40. The summed E-state index contributed by atoms with van der Waals surface area (Å²) in [5, 5.41) is 13.5. The Bertz CT molecular complexity index is 661. The van der Waals surface area contributed by atoms with Crippen molar-refractivity contribution in [3.63, 3.8) is 0 Å². The van der Waals surface area contributed by atoms with Crippen molar-refractivity contribution in [3.8, 4) is 0 Å². The monoisotopic (exact) mass is 299 g/mol. The van der Waals surface area contributed by atoms with E-state index in [1.165, 1.54) is 24.1 Å². The lowest BCUT2D eigenvalue weighted by Crippen LogP contribution is -2.16. The van der Waals surface area contributed by atoms with Crippen LogP contribution in [0.2, 0.25) is 0 Å². The summed E-state index contributed by atoms with van der Waals surface area (Å²) in [6.07, 6.45) is 6.45. The van der Waals surface area contributed by atoms with Gasteiger partial charge in [0.15, 0.2) is 0 Å². The zero-order chi connectivity index (χ0) is 15.5. The number of fused-ring (bicyclic) bond motifs is 1. The van der Waals surface area contributed by atoms with Gasteiger partial charge in [-0.15, -0.1) is 0 Å². The Labute approximate surface area is 129 Å². The molecule has 0 fully saturated rings. The van der Waals surface area contributed by atoms with Gasteiger partial charge in [0, 0.05) is 5.69 Å². The van der Waals surface area contributed by atoms with Gasteiger partial charge in [0.1, 0.15) is 0 Å². The molecule has 2 aromatic rings. The molecule has 1 heterocycles. The molecule has 1 aliphatic carbocycles. The second-order valence-electron chi connectivity index (χ2n) is 5.87. The van der Waals surface area contributed by atoms with Crippen LogP contribution in [0.4, 0.5) is 0 Å². The number of hydrogen-bond donors (Lipinski definition) is 2. The number of carbonyl (C=O) groups is 1. The molecule has 0 amide bonds. The Kier molecular flexibility index (Phi) is 4.24. The lowest BCUT2D eigenvalue weighted by Gasteiger charge is -2.22. The summed E-state index contributed by atoms with van der Waals surface area (Å²) in [6, 6.07) is 7.01. The van der Waals surface area contributed by atoms with Crippen LogP contribution < -0.4 is 5.73 Å². The number of hydrogen-bond acceptors (Lipinski definition) is 3. The number of carboxylic acids is 1. The van der Waals surface area contributed by atoms with E-state index in [0.717, 1.165) is 18.4 Å². The zero-order valence-electron chi connectivity index (χ0n) is 12.5. The molecule has 1 aliphatic rings. The first kappa shape index (κ1) is 14.8. The van der Waals surface area contributed by atoms with Crippen molar-refractivity contribution in [2.24, 2.45) is 5.73 Å². The molecule has 1 aromatic heterocycles. The van der Waals surface area contributed by atoms with Crippen LogP contribution in [0, 0.1) is 0 Å². The summed E-state index contributed by atoms with van der Waals surface area (Å²) in [4.78, 5) is 10.9. The van der Waals surface area contributed by atoms with E-state index < -0.39 is 5.97 Å². The highest BCUT2D eigenvalue weighted by Gasteiger charge is 2.23. The fraction of sp³-hybridized carbons (Fsp3) is 0.412. The van der Waals surface area contributed by atoms with E-state index in [1.54, 1.807) is 12.1 Å². The van der Waals surface area contributed by atoms with Gasteiger partial charge in [0.2, 0.25) is 0 Å². The molecular formula is C17H21N3O2. The second-order valence-corrected chi connectivity index (χ2v) is 5.87. The number of benzene rings is 1. The van der Waals surface area contributed by atoms with Crippen LogP contribution >= 0.6 is 0 Å². The van der Waals surface area contributed by atoms with E-state index in [9.17, 15) is 4.79 Å². The quantitative estimate of drug-likeness (QED) is 0.888. The van der Waals surface area contributed by atoms with Crippen molar-refractivity contribution in [1.29, 1.82) is 0 Å². The standard InChI is InChI=1S/C17H21N3O2/c18-9-8-13-2-1-3-16-15(13)10-19-20(16)11-12-4-6-14(7-5-12)17(21)22/h4-7,10,13H,1-3,8-9,11,18H2,(H,21,22). The summed E-state index contributed by atoms with van der Waals surface area (Å²) in [5.41, 5.74) is 9.75. The van der Waals surface area contributed by atoms with Gasteiger partial charge < -0.3 is 10.8 Å². The molecule has 3 rings (SSSR count). The number of rotatable bonds is 5. The van der Waals surface area contributed by atoms with Crippen LogP contribution in [-0.4, -0.2) is 27.4 Å². The highest BCUT2D eigenvalue weighted by atomic mass is 16.4. The predicted molar refractivity (Wildman–Crippen MR) is 84.1 cm³/mol. The molecule has 3 N–H and O–H groups in total. The summed E-state index contributed by atoms with van der Waals surface area (Å²) in [5.74, 6) is -0.357. The Hall–Kier alpha value is -2.14. The van der Waals surface area contributed by atoms with Gasteiger partial charge in [-0.05, 0) is 61.4 Å². The van der Waals surface area contributed by atoms with E-state index >= 15 is 0 Å². The highest BCUT2D eigenvalue weighted by Crippen LogP contribution is 2.33. The number of aromatic carboxylic acids is 1. The third-order valence-corrected chi connectivity index (χ3v) is 4.44. The second kappa shape index (κ2) is 6.32. The molecule has 1 atom stereocenters. The van der Waals surface area contributed by atoms with E-state index in [4.69, 9.17) is 10.8 Å². The molecule has 22 heavy (non-hydrogen) atoms. The molecule has 5 nitrogen and oxygen atoms in total. The Morgan fingerprint density at radius 1 is 1.36 bits per heavy atom. The third-order valence-electron chi connectivity index (χ3n) is 4.44. The SMILES string of the molecule is NCCC1CCCc2c1cnn2Cc1ccc(C(=O)O)cc1. The lowest BCUT2D eigenvalue weighted by atomic mass is 9.85. The van der Waals surface area contributed by atoms with Crippen molar-refractivity contribution < 1.29 is 9.90 Å². The highest BCUT2D eigenvalue weighted by molar-refractivity contribution is 5.87. The van der Waals surface area contributed by atoms with Crippen molar-refractivity contribution in [1.82, 2.24) is 9.78 Å². The molecule has 0 saturated carbocycles. The number of nitrogens with two attached hydrogens (primary N) is 1. The Balaban J connectivity index is 1.80. The first-order valence-corrected chi connectivity index (χ1v) is 7.76. The Morgan fingerprint density at radius 2 is 2.14 bits per heavy atom. The van der Waals surface area contributed by atoms with Crippen molar-refractivity contribution >= 4 is 5.97 Å². The van der Waals surface area contributed by atoms with Crippen LogP contribution in [0.25, 0.3) is 0 Å². The minimum absolute atomic E-state index is 0.314. The minimum Gasteiger partial charge on any atom is -0.478 e. The van der Waals surface area contributed by atoms with Gasteiger partial charge in [-0.2, -0.15) is 5.10 Å². The number of aromatic nitrogens is 2. The van der Waals surface area contributed by atoms with Gasteiger partial charge in [-0.1, -0.05) is 12.1 Å². The molecule has 0 aliphatic heterocycles. The van der Waals surface area contributed by atoms with Crippen molar-refractivity contribution in [3.05, 3.63) is 52.8 Å². The van der Waals surface area contributed by atoms with Gasteiger partial charge in [0.25, 0.3) is 0 Å². The van der Waals surface area contributed by atoms with Crippen molar-refractivity contribution in [2.45, 2.75) is 38.1 Å². The normalized spacial score (nSPS) is 17.2. The molecular weight excluding hydrogens is 278 g/mol. The first-order chi connectivity index (χ1) is 10.7. The number of nitrogens with zero attached hydrogens (tertiary/aromatic N) is 2. The molecule has 0 radical (unpaired) electrons. The molecule has 0 spiro atoms. The van der Waals surface area contributed by atoms with Crippen LogP contribution in [-0.2, 0) is 13.0 Å².